The Hall–Kier alpha value is -4.08. The van der Waals surface area contributed by atoms with E-state index in [4.69, 9.17) is 19.3 Å². The van der Waals surface area contributed by atoms with E-state index in [0.29, 0.717) is 37.7 Å². The zero-order valence-electron chi connectivity index (χ0n) is 24.7. The number of nitrogens with one attached hydrogen (secondary N) is 1. The third kappa shape index (κ3) is 8.27. The van der Waals surface area contributed by atoms with E-state index in [2.05, 4.69) is 16.3 Å². The number of benzene rings is 3. The summed E-state index contributed by atoms with van der Waals surface area (Å²) in [7, 11) is 1.61. The Labute approximate surface area is 253 Å². The van der Waals surface area contributed by atoms with Crippen LogP contribution in [0.15, 0.2) is 72.8 Å². The van der Waals surface area contributed by atoms with Crippen LogP contribution < -0.4 is 19.5 Å². The largest absolute Gasteiger partial charge is 0.496 e. The van der Waals surface area contributed by atoms with Crippen molar-refractivity contribution in [1.82, 2.24) is 15.1 Å². The summed E-state index contributed by atoms with van der Waals surface area (Å²) in [6.07, 6.45) is 1.97. The van der Waals surface area contributed by atoms with Gasteiger partial charge in [0.05, 0.1) is 39.3 Å². The van der Waals surface area contributed by atoms with Gasteiger partial charge in [0.2, 0.25) is 11.8 Å². The van der Waals surface area contributed by atoms with Crippen molar-refractivity contribution in [3.05, 3.63) is 89.5 Å². The number of rotatable bonds is 8. The van der Waals surface area contributed by atoms with Gasteiger partial charge in [0.1, 0.15) is 23.9 Å². The third-order valence-electron chi connectivity index (χ3n) is 8.01. The molecule has 2 aliphatic heterocycles. The lowest BCUT2D eigenvalue weighted by atomic mass is 9.94. The molecule has 43 heavy (non-hydrogen) atoms. The van der Waals surface area contributed by atoms with Crippen molar-refractivity contribution >= 4 is 11.8 Å². The Bertz CT molecular complexity index is 1380. The molecular formula is C34H41N3O6. The lowest BCUT2D eigenvalue weighted by Gasteiger charge is -2.26. The molecule has 2 bridgehead atoms. The number of carbonyl (C=O) groups is 2. The molecule has 9 nitrogen and oxygen atoms in total. The van der Waals surface area contributed by atoms with Gasteiger partial charge < -0.3 is 29.5 Å². The number of aliphatic hydroxyl groups excluding tert-OH is 1. The molecule has 2 aliphatic rings. The highest BCUT2D eigenvalue weighted by Gasteiger charge is 2.37. The standard InChI is InChI=1S/C34H41N3O6/c1-41-32-13-3-2-9-27(32)20-34(40)37-22-30-26-10-7-12-29(19-26)42-16-5-4-14-36(24-33(39)35-31(30)23-37)21-25-8-6-11-28(18-25)43-17-15-38/h2-3,6-13,18-19,30-31,38H,4-5,14-17,20-24H2,1H3,(H,35,39)/t30-,31+/m1/s1. The quantitative estimate of drug-likeness (QED) is 0.417. The van der Waals surface area contributed by atoms with Crippen molar-refractivity contribution < 1.29 is 28.9 Å². The summed E-state index contributed by atoms with van der Waals surface area (Å²) in [6, 6.07) is 23.1. The number of para-hydroxylation sites is 1. The molecule has 1 fully saturated rings. The maximum absolute atomic E-state index is 13.5. The van der Waals surface area contributed by atoms with Gasteiger partial charge in [-0.2, -0.15) is 0 Å². The van der Waals surface area contributed by atoms with Crippen molar-refractivity contribution in [3.63, 3.8) is 0 Å². The van der Waals surface area contributed by atoms with Crippen LogP contribution >= 0.6 is 0 Å². The summed E-state index contributed by atoms with van der Waals surface area (Å²) < 4.78 is 17.2. The van der Waals surface area contributed by atoms with Gasteiger partial charge in [-0.3, -0.25) is 14.5 Å². The number of carbonyl (C=O) groups excluding carboxylic acids is 2. The summed E-state index contributed by atoms with van der Waals surface area (Å²) in [5.41, 5.74) is 2.92. The second kappa shape index (κ2) is 14.9. The number of amides is 2. The van der Waals surface area contributed by atoms with Crippen LogP contribution in [0.25, 0.3) is 0 Å². The Balaban J connectivity index is 1.33. The molecule has 2 atom stereocenters. The molecule has 228 valence electrons. The van der Waals surface area contributed by atoms with Crippen molar-refractivity contribution in [2.75, 3.05) is 53.1 Å². The van der Waals surface area contributed by atoms with Gasteiger partial charge in [-0.25, -0.2) is 0 Å². The number of hydrogen-bond acceptors (Lipinski definition) is 7. The molecule has 5 rings (SSSR count). The van der Waals surface area contributed by atoms with Gasteiger partial charge in [-0.15, -0.1) is 0 Å². The van der Waals surface area contributed by atoms with E-state index < -0.39 is 0 Å². The average molecular weight is 588 g/mol. The molecule has 3 aromatic rings. The molecule has 0 radical (unpaired) electrons. The van der Waals surface area contributed by atoms with E-state index in [1.54, 1.807) is 7.11 Å². The van der Waals surface area contributed by atoms with Crippen LogP contribution in [-0.4, -0.2) is 85.9 Å². The van der Waals surface area contributed by atoms with E-state index in [-0.39, 0.29) is 50.0 Å². The Kier molecular flexibility index (Phi) is 10.5. The van der Waals surface area contributed by atoms with E-state index in [9.17, 15) is 9.59 Å². The number of nitrogens with zero attached hydrogens (tertiary/aromatic N) is 2. The minimum atomic E-state index is -0.232. The molecular weight excluding hydrogens is 546 g/mol. The highest BCUT2D eigenvalue weighted by Crippen LogP contribution is 2.31. The molecule has 0 spiro atoms. The normalized spacial score (nSPS) is 19.5. The van der Waals surface area contributed by atoms with Crippen molar-refractivity contribution in [3.8, 4) is 17.2 Å². The van der Waals surface area contributed by atoms with Crippen LogP contribution in [0, 0.1) is 0 Å². The van der Waals surface area contributed by atoms with Crippen LogP contribution in [0.2, 0.25) is 0 Å². The molecule has 0 saturated carbocycles. The van der Waals surface area contributed by atoms with Gasteiger partial charge in [0.25, 0.3) is 0 Å². The molecule has 3 aromatic carbocycles. The van der Waals surface area contributed by atoms with Crippen molar-refractivity contribution in [2.45, 2.75) is 37.8 Å². The van der Waals surface area contributed by atoms with E-state index in [0.717, 1.165) is 41.8 Å². The highest BCUT2D eigenvalue weighted by molar-refractivity contribution is 5.81. The number of ether oxygens (including phenoxy) is 3. The lowest BCUT2D eigenvalue weighted by molar-refractivity contribution is -0.130. The molecule has 1 saturated heterocycles. The summed E-state index contributed by atoms with van der Waals surface area (Å²) in [6.45, 7) is 3.27. The number of fused-ring (bicyclic) bond motifs is 4. The fraction of sp³-hybridized carbons (Fsp3) is 0.412. The predicted octanol–water partition coefficient (Wildman–Crippen LogP) is 3.39. The van der Waals surface area contributed by atoms with E-state index >= 15 is 0 Å². The number of aliphatic hydroxyl groups is 1. The number of hydrogen-bond donors (Lipinski definition) is 2. The Morgan fingerprint density at radius 3 is 2.77 bits per heavy atom. The smallest absolute Gasteiger partial charge is 0.234 e. The molecule has 0 aromatic heterocycles. The van der Waals surface area contributed by atoms with Crippen LogP contribution in [-0.2, 0) is 22.6 Å². The van der Waals surface area contributed by atoms with Crippen LogP contribution in [0.4, 0.5) is 0 Å². The highest BCUT2D eigenvalue weighted by atomic mass is 16.5. The van der Waals surface area contributed by atoms with Gasteiger partial charge in [-0.05, 0) is 60.8 Å². The maximum atomic E-state index is 13.5. The molecule has 2 heterocycles. The summed E-state index contributed by atoms with van der Waals surface area (Å²) >= 11 is 0. The first-order chi connectivity index (χ1) is 21.0. The average Bonchev–Trinajstić information content (AvgIpc) is 3.43. The zero-order valence-corrected chi connectivity index (χ0v) is 24.7. The summed E-state index contributed by atoms with van der Waals surface area (Å²) in [5, 5.41) is 12.4. The summed E-state index contributed by atoms with van der Waals surface area (Å²) in [4.78, 5) is 31.0. The first-order valence-corrected chi connectivity index (χ1v) is 15.0. The Morgan fingerprint density at radius 2 is 1.91 bits per heavy atom. The fourth-order valence-corrected chi connectivity index (χ4v) is 5.90. The van der Waals surface area contributed by atoms with Crippen molar-refractivity contribution in [2.24, 2.45) is 0 Å². The van der Waals surface area contributed by atoms with E-state index in [1.165, 1.54) is 0 Å². The second-order valence-corrected chi connectivity index (χ2v) is 11.1. The zero-order chi connectivity index (χ0) is 30.0. The SMILES string of the molecule is COc1ccccc1CC(=O)N1C[C@@H]2NC(=O)CN(Cc3cccc(OCCO)c3)CCCCOc3cccc(c3)[C@H]2C1. The maximum Gasteiger partial charge on any atom is 0.234 e. The van der Waals surface area contributed by atoms with Gasteiger partial charge in [0, 0.05) is 31.1 Å². The van der Waals surface area contributed by atoms with Gasteiger partial charge >= 0.3 is 0 Å². The second-order valence-electron chi connectivity index (χ2n) is 11.1. The third-order valence-corrected chi connectivity index (χ3v) is 8.01. The molecule has 9 heteroatoms. The molecule has 0 unspecified atom stereocenters. The topological polar surface area (TPSA) is 101 Å². The Morgan fingerprint density at radius 1 is 1.05 bits per heavy atom. The van der Waals surface area contributed by atoms with Crippen LogP contribution in [0.3, 0.4) is 0 Å². The monoisotopic (exact) mass is 587 g/mol. The molecule has 2 amide bonds. The van der Waals surface area contributed by atoms with Crippen LogP contribution in [0.5, 0.6) is 17.2 Å². The number of methoxy groups -OCH3 is 1. The predicted molar refractivity (Wildman–Crippen MR) is 163 cm³/mol. The molecule has 0 aliphatic carbocycles. The van der Waals surface area contributed by atoms with E-state index in [1.807, 2.05) is 71.6 Å². The van der Waals surface area contributed by atoms with Gasteiger partial charge in [-0.1, -0.05) is 42.5 Å². The minimum Gasteiger partial charge on any atom is -0.496 e. The van der Waals surface area contributed by atoms with Crippen molar-refractivity contribution in [1.29, 1.82) is 0 Å². The minimum absolute atomic E-state index is 0.00138. The number of likely N-dealkylation sites (tertiary alicyclic amines) is 1. The first-order valence-electron chi connectivity index (χ1n) is 15.0. The van der Waals surface area contributed by atoms with Gasteiger partial charge in [0.15, 0.2) is 0 Å². The lowest BCUT2D eigenvalue weighted by Crippen LogP contribution is -2.45. The fourth-order valence-electron chi connectivity index (χ4n) is 5.90. The summed E-state index contributed by atoms with van der Waals surface area (Å²) in [5.74, 6) is 2.06. The van der Waals surface area contributed by atoms with Crippen LogP contribution in [0.1, 0.15) is 35.4 Å². The first kappa shape index (κ1) is 30.4. The molecule has 2 N–H and O–H groups in total.